The number of nitrogens with zero attached hydrogens (tertiary/aromatic N) is 1. The van der Waals surface area contributed by atoms with Crippen LogP contribution in [0.4, 0.5) is 0 Å². The van der Waals surface area contributed by atoms with Gasteiger partial charge in [0, 0.05) is 19.0 Å². The zero-order valence-electron chi connectivity index (χ0n) is 11.2. The van der Waals surface area contributed by atoms with E-state index >= 15 is 0 Å². The maximum Gasteiger partial charge on any atom is 0.211 e. The standard InChI is InChI=1S/C12H25ClN2O2S/c1-12(10-13)11-18(16,17)14-6-9-15-7-4-2-3-5-8-15/h12,14H,2-11H2,1H3. The number of alkyl halides is 1. The van der Waals surface area contributed by atoms with E-state index in [0.29, 0.717) is 12.4 Å². The van der Waals surface area contributed by atoms with Gasteiger partial charge in [0.05, 0.1) is 5.75 Å². The minimum Gasteiger partial charge on any atom is -0.302 e. The third-order valence-corrected chi connectivity index (χ3v) is 5.39. The number of nitrogens with one attached hydrogen (secondary N) is 1. The molecule has 0 saturated carbocycles. The molecule has 0 bridgehead atoms. The lowest BCUT2D eigenvalue weighted by atomic mass is 10.2. The van der Waals surface area contributed by atoms with Gasteiger partial charge in [-0.05, 0) is 31.8 Å². The Labute approximate surface area is 116 Å². The lowest BCUT2D eigenvalue weighted by Gasteiger charge is -2.20. The summed E-state index contributed by atoms with van der Waals surface area (Å²) in [6.07, 6.45) is 5.07. The first-order chi connectivity index (χ1) is 8.53. The second-order valence-electron chi connectivity index (χ2n) is 5.19. The summed E-state index contributed by atoms with van der Waals surface area (Å²) >= 11 is 5.63. The molecule has 1 aliphatic heterocycles. The zero-order chi connectivity index (χ0) is 13.4. The van der Waals surface area contributed by atoms with Gasteiger partial charge in [-0.1, -0.05) is 19.8 Å². The Balaban J connectivity index is 2.23. The van der Waals surface area contributed by atoms with Gasteiger partial charge < -0.3 is 4.90 Å². The van der Waals surface area contributed by atoms with Gasteiger partial charge in [0.1, 0.15) is 0 Å². The van der Waals surface area contributed by atoms with Crippen molar-refractivity contribution in [1.82, 2.24) is 9.62 Å². The Hall–Kier alpha value is 0.160. The highest BCUT2D eigenvalue weighted by Gasteiger charge is 2.15. The minimum absolute atomic E-state index is 0.00218. The quantitative estimate of drug-likeness (QED) is 0.727. The predicted octanol–water partition coefficient (Wildman–Crippen LogP) is 1.66. The lowest BCUT2D eigenvalue weighted by Crippen LogP contribution is -2.37. The van der Waals surface area contributed by atoms with Gasteiger partial charge in [0.25, 0.3) is 0 Å². The molecule has 0 aromatic heterocycles. The Morgan fingerprint density at radius 2 is 1.83 bits per heavy atom. The smallest absolute Gasteiger partial charge is 0.211 e. The van der Waals surface area contributed by atoms with Crippen molar-refractivity contribution in [1.29, 1.82) is 0 Å². The van der Waals surface area contributed by atoms with Crippen molar-refractivity contribution < 1.29 is 8.42 Å². The average Bonchev–Trinajstić information content (AvgIpc) is 2.56. The van der Waals surface area contributed by atoms with E-state index in [9.17, 15) is 8.42 Å². The van der Waals surface area contributed by atoms with Crippen LogP contribution in [-0.2, 0) is 10.0 Å². The lowest BCUT2D eigenvalue weighted by molar-refractivity contribution is 0.290. The van der Waals surface area contributed by atoms with Crippen molar-refractivity contribution in [3.8, 4) is 0 Å². The molecule has 0 radical (unpaired) electrons. The molecular weight excluding hydrogens is 272 g/mol. The molecule has 1 aliphatic rings. The summed E-state index contributed by atoms with van der Waals surface area (Å²) in [5.74, 6) is 0.506. The maximum atomic E-state index is 11.7. The van der Waals surface area contributed by atoms with E-state index in [2.05, 4.69) is 9.62 Å². The van der Waals surface area contributed by atoms with Gasteiger partial charge in [0.15, 0.2) is 0 Å². The van der Waals surface area contributed by atoms with Crippen molar-refractivity contribution in [3.63, 3.8) is 0 Å². The Kier molecular flexibility index (Phi) is 7.53. The van der Waals surface area contributed by atoms with Crippen molar-refractivity contribution in [2.24, 2.45) is 5.92 Å². The highest BCUT2D eigenvalue weighted by atomic mass is 35.5. The molecule has 18 heavy (non-hydrogen) atoms. The fourth-order valence-corrected chi connectivity index (χ4v) is 3.82. The second kappa shape index (κ2) is 8.35. The third kappa shape index (κ3) is 6.92. The molecule has 0 aromatic carbocycles. The number of sulfonamides is 1. The van der Waals surface area contributed by atoms with Gasteiger partial charge in [0.2, 0.25) is 10.0 Å². The SMILES string of the molecule is CC(CCl)CS(=O)(=O)NCCN1CCCCCC1. The van der Waals surface area contributed by atoms with Crippen LogP contribution in [0.5, 0.6) is 0 Å². The van der Waals surface area contributed by atoms with Gasteiger partial charge in [-0.25, -0.2) is 13.1 Å². The second-order valence-corrected chi connectivity index (χ2v) is 7.35. The van der Waals surface area contributed by atoms with E-state index < -0.39 is 10.0 Å². The van der Waals surface area contributed by atoms with E-state index in [0.717, 1.165) is 19.6 Å². The molecule has 1 unspecified atom stereocenters. The van der Waals surface area contributed by atoms with Crippen LogP contribution in [-0.4, -0.2) is 51.1 Å². The summed E-state index contributed by atoms with van der Waals surface area (Å²) < 4.78 is 26.1. The monoisotopic (exact) mass is 296 g/mol. The van der Waals surface area contributed by atoms with Crippen LogP contribution >= 0.6 is 11.6 Å². The molecule has 0 aliphatic carbocycles. The number of likely N-dealkylation sites (tertiary alicyclic amines) is 1. The van der Waals surface area contributed by atoms with Crippen molar-refractivity contribution >= 4 is 21.6 Å². The summed E-state index contributed by atoms with van der Waals surface area (Å²) in [6, 6.07) is 0. The highest BCUT2D eigenvalue weighted by molar-refractivity contribution is 7.89. The van der Waals surface area contributed by atoms with Crippen molar-refractivity contribution in [2.45, 2.75) is 32.6 Å². The molecule has 1 atom stereocenters. The van der Waals surface area contributed by atoms with Gasteiger partial charge >= 0.3 is 0 Å². The molecule has 4 nitrogen and oxygen atoms in total. The molecule has 1 saturated heterocycles. The van der Waals surface area contributed by atoms with Gasteiger partial charge in [-0.15, -0.1) is 11.6 Å². The Bertz CT molecular complexity index is 314. The predicted molar refractivity (Wildman–Crippen MR) is 76.6 cm³/mol. The summed E-state index contributed by atoms with van der Waals surface area (Å²) in [5.41, 5.74) is 0. The van der Waals surface area contributed by atoms with E-state index in [1.54, 1.807) is 0 Å². The molecular formula is C12H25ClN2O2S. The Morgan fingerprint density at radius 3 is 2.39 bits per heavy atom. The number of hydrogen-bond acceptors (Lipinski definition) is 3. The molecule has 1 fully saturated rings. The molecule has 0 amide bonds. The molecule has 0 spiro atoms. The maximum absolute atomic E-state index is 11.7. The molecule has 0 aromatic rings. The average molecular weight is 297 g/mol. The summed E-state index contributed by atoms with van der Waals surface area (Å²) in [7, 11) is -3.16. The van der Waals surface area contributed by atoms with Gasteiger partial charge in [-0.3, -0.25) is 0 Å². The highest BCUT2D eigenvalue weighted by Crippen LogP contribution is 2.08. The van der Waals surface area contributed by atoms with Crippen LogP contribution < -0.4 is 4.72 Å². The van der Waals surface area contributed by atoms with E-state index in [-0.39, 0.29) is 11.7 Å². The first kappa shape index (κ1) is 16.2. The number of rotatable bonds is 7. The molecule has 1 rings (SSSR count). The first-order valence-corrected chi connectivity index (χ1v) is 8.98. The van der Waals surface area contributed by atoms with Crippen LogP contribution in [0.25, 0.3) is 0 Å². The zero-order valence-corrected chi connectivity index (χ0v) is 12.8. The number of halogens is 1. The minimum atomic E-state index is -3.16. The van der Waals surface area contributed by atoms with Crippen LogP contribution in [0.1, 0.15) is 32.6 Å². The molecule has 1 N–H and O–H groups in total. The molecule has 6 heteroatoms. The number of hydrogen-bond donors (Lipinski definition) is 1. The Morgan fingerprint density at radius 1 is 1.22 bits per heavy atom. The largest absolute Gasteiger partial charge is 0.302 e. The fraction of sp³-hybridized carbons (Fsp3) is 1.00. The van der Waals surface area contributed by atoms with Crippen molar-refractivity contribution in [2.75, 3.05) is 37.8 Å². The van der Waals surface area contributed by atoms with Crippen LogP contribution in [0.2, 0.25) is 0 Å². The normalized spacial score (nSPS) is 20.6. The van der Waals surface area contributed by atoms with Crippen LogP contribution in [0.15, 0.2) is 0 Å². The van der Waals surface area contributed by atoms with Crippen molar-refractivity contribution in [3.05, 3.63) is 0 Å². The third-order valence-electron chi connectivity index (χ3n) is 3.22. The first-order valence-electron chi connectivity index (χ1n) is 6.79. The summed E-state index contributed by atoms with van der Waals surface area (Å²) in [6.45, 7) is 5.37. The fourth-order valence-electron chi connectivity index (χ4n) is 2.20. The summed E-state index contributed by atoms with van der Waals surface area (Å²) in [4.78, 5) is 2.35. The summed E-state index contributed by atoms with van der Waals surface area (Å²) in [5, 5.41) is 0. The van der Waals surface area contributed by atoms with Crippen LogP contribution in [0, 0.1) is 5.92 Å². The van der Waals surface area contributed by atoms with E-state index in [1.165, 1.54) is 25.7 Å². The molecule has 108 valence electrons. The van der Waals surface area contributed by atoms with E-state index in [1.807, 2.05) is 6.92 Å². The topological polar surface area (TPSA) is 49.4 Å². The van der Waals surface area contributed by atoms with Crippen LogP contribution in [0.3, 0.4) is 0 Å². The van der Waals surface area contributed by atoms with Gasteiger partial charge in [-0.2, -0.15) is 0 Å². The molecule has 1 heterocycles. The van der Waals surface area contributed by atoms with E-state index in [4.69, 9.17) is 11.6 Å².